The van der Waals surface area contributed by atoms with Crippen LogP contribution in [0.15, 0.2) is 23.4 Å². The van der Waals surface area contributed by atoms with E-state index in [1.165, 1.54) is 24.8 Å². The van der Waals surface area contributed by atoms with E-state index in [4.69, 9.17) is 5.11 Å². The smallest absolute Gasteiger partial charge is 0.338 e. The summed E-state index contributed by atoms with van der Waals surface area (Å²) in [6, 6.07) is 3.09. The molecular weight excluding hydrogens is 228 g/mol. The third kappa shape index (κ3) is 3.90. The molecule has 0 atom stereocenters. The highest BCUT2D eigenvalue weighted by molar-refractivity contribution is 7.99. The average Bonchev–Trinajstić information content (AvgIpc) is 2.24. The minimum absolute atomic E-state index is 0.0971. The number of amides is 1. The van der Waals surface area contributed by atoms with Gasteiger partial charge in [-0.1, -0.05) is 0 Å². The summed E-state index contributed by atoms with van der Waals surface area (Å²) in [4.78, 5) is 25.4. The number of carbonyl (C=O) groups excluding carboxylic acids is 1. The second kappa shape index (κ2) is 6.12. The van der Waals surface area contributed by atoms with Crippen molar-refractivity contribution in [3.63, 3.8) is 0 Å². The zero-order valence-electron chi connectivity index (χ0n) is 8.77. The summed E-state index contributed by atoms with van der Waals surface area (Å²) in [6.45, 7) is 1.93. The maximum absolute atomic E-state index is 10.8. The average molecular weight is 240 g/mol. The largest absolute Gasteiger partial charge is 0.478 e. The SMILES string of the molecule is CC(=O)NCCSc1ncccc1C(=O)O. The molecule has 0 aliphatic heterocycles. The Hall–Kier alpha value is -1.56. The molecule has 1 amide bonds. The lowest BCUT2D eigenvalue weighted by molar-refractivity contribution is -0.118. The molecule has 1 heterocycles. The summed E-state index contributed by atoms with van der Waals surface area (Å²) in [7, 11) is 0. The lowest BCUT2D eigenvalue weighted by Crippen LogP contribution is -2.22. The Morgan fingerprint density at radius 2 is 2.31 bits per heavy atom. The van der Waals surface area contributed by atoms with Crippen LogP contribution < -0.4 is 5.32 Å². The number of aromatic carboxylic acids is 1. The molecule has 0 radical (unpaired) electrons. The molecule has 0 unspecified atom stereocenters. The van der Waals surface area contributed by atoms with Crippen molar-refractivity contribution in [2.45, 2.75) is 11.9 Å². The summed E-state index contributed by atoms with van der Waals surface area (Å²) in [5, 5.41) is 12.0. The monoisotopic (exact) mass is 240 g/mol. The molecule has 0 spiro atoms. The number of nitrogens with zero attached hydrogens (tertiary/aromatic N) is 1. The van der Waals surface area contributed by atoms with Gasteiger partial charge in [0.05, 0.1) is 5.56 Å². The molecule has 0 aromatic carbocycles. The van der Waals surface area contributed by atoms with Crippen molar-refractivity contribution >= 4 is 23.6 Å². The Morgan fingerprint density at radius 1 is 1.56 bits per heavy atom. The first-order valence-electron chi connectivity index (χ1n) is 4.67. The first-order valence-corrected chi connectivity index (χ1v) is 5.65. The molecule has 16 heavy (non-hydrogen) atoms. The highest BCUT2D eigenvalue weighted by atomic mass is 32.2. The molecule has 0 bridgehead atoms. The fourth-order valence-corrected chi connectivity index (χ4v) is 1.89. The summed E-state index contributed by atoms with van der Waals surface area (Å²) in [5.41, 5.74) is 0.190. The van der Waals surface area contributed by atoms with Crippen LogP contribution >= 0.6 is 11.8 Å². The maximum Gasteiger partial charge on any atom is 0.338 e. The third-order valence-electron chi connectivity index (χ3n) is 1.72. The van der Waals surface area contributed by atoms with Crippen LogP contribution in [0.25, 0.3) is 0 Å². The quantitative estimate of drug-likeness (QED) is 0.593. The van der Waals surface area contributed by atoms with Gasteiger partial charge in [0.15, 0.2) is 0 Å². The van der Waals surface area contributed by atoms with Crippen LogP contribution in [0.5, 0.6) is 0 Å². The van der Waals surface area contributed by atoms with Gasteiger partial charge in [0.1, 0.15) is 5.03 Å². The zero-order valence-corrected chi connectivity index (χ0v) is 9.58. The molecule has 86 valence electrons. The van der Waals surface area contributed by atoms with Gasteiger partial charge in [-0.25, -0.2) is 9.78 Å². The van der Waals surface area contributed by atoms with Crippen molar-refractivity contribution in [1.82, 2.24) is 10.3 Å². The van der Waals surface area contributed by atoms with Gasteiger partial charge < -0.3 is 10.4 Å². The Labute approximate surface area is 97.3 Å². The molecule has 0 saturated carbocycles. The molecule has 1 rings (SSSR count). The molecular formula is C10H12N2O3S. The number of hydrogen-bond acceptors (Lipinski definition) is 4. The predicted molar refractivity (Wildman–Crippen MR) is 60.6 cm³/mol. The van der Waals surface area contributed by atoms with Crippen LogP contribution in [-0.2, 0) is 4.79 Å². The van der Waals surface area contributed by atoms with Crippen molar-refractivity contribution in [2.75, 3.05) is 12.3 Å². The van der Waals surface area contributed by atoms with E-state index in [9.17, 15) is 9.59 Å². The number of nitrogens with one attached hydrogen (secondary N) is 1. The number of hydrogen-bond donors (Lipinski definition) is 2. The lowest BCUT2D eigenvalue weighted by atomic mass is 10.3. The topological polar surface area (TPSA) is 79.3 Å². The number of carboxylic acids is 1. The van der Waals surface area contributed by atoms with E-state index in [0.717, 1.165) is 0 Å². The van der Waals surface area contributed by atoms with E-state index in [2.05, 4.69) is 10.3 Å². The Morgan fingerprint density at radius 3 is 2.94 bits per heavy atom. The normalized spacial score (nSPS) is 9.81. The van der Waals surface area contributed by atoms with Crippen LogP contribution in [0.3, 0.4) is 0 Å². The van der Waals surface area contributed by atoms with Gasteiger partial charge in [0, 0.05) is 25.4 Å². The van der Waals surface area contributed by atoms with Gasteiger partial charge in [0.25, 0.3) is 0 Å². The number of pyridine rings is 1. The van der Waals surface area contributed by atoms with Crippen LogP contribution in [0.1, 0.15) is 17.3 Å². The van der Waals surface area contributed by atoms with Crippen molar-refractivity contribution in [3.05, 3.63) is 23.9 Å². The minimum Gasteiger partial charge on any atom is -0.478 e. The fraction of sp³-hybridized carbons (Fsp3) is 0.300. The second-order valence-corrected chi connectivity index (χ2v) is 4.08. The van der Waals surface area contributed by atoms with Gasteiger partial charge in [-0.2, -0.15) is 0 Å². The van der Waals surface area contributed by atoms with Crippen LogP contribution in [0, 0.1) is 0 Å². The number of carbonyl (C=O) groups is 2. The highest BCUT2D eigenvalue weighted by Crippen LogP contribution is 2.19. The summed E-state index contributed by atoms with van der Waals surface area (Å²) in [5.74, 6) is -0.494. The molecule has 0 saturated heterocycles. The van der Waals surface area contributed by atoms with Crippen molar-refractivity contribution < 1.29 is 14.7 Å². The van der Waals surface area contributed by atoms with E-state index >= 15 is 0 Å². The van der Waals surface area contributed by atoms with Gasteiger partial charge in [-0.15, -0.1) is 11.8 Å². The van der Waals surface area contributed by atoms with Gasteiger partial charge in [-0.3, -0.25) is 4.79 Å². The maximum atomic E-state index is 10.8. The van der Waals surface area contributed by atoms with Crippen molar-refractivity contribution in [2.24, 2.45) is 0 Å². The molecule has 1 aromatic rings. The van der Waals surface area contributed by atoms with E-state index in [-0.39, 0.29) is 11.5 Å². The first-order chi connectivity index (χ1) is 7.61. The summed E-state index contributed by atoms with van der Waals surface area (Å²) >= 11 is 1.31. The van der Waals surface area contributed by atoms with E-state index in [1.807, 2.05) is 0 Å². The molecule has 5 nitrogen and oxygen atoms in total. The Bertz CT molecular complexity index is 395. The summed E-state index contributed by atoms with van der Waals surface area (Å²) < 4.78 is 0. The molecule has 0 aliphatic carbocycles. The predicted octanol–water partition coefficient (Wildman–Crippen LogP) is 1.01. The van der Waals surface area contributed by atoms with Crippen LogP contribution in [-0.4, -0.2) is 34.3 Å². The lowest BCUT2D eigenvalue weighted by Gasteiger charge is -2.04. The Kier molecular flexibility index (Phi) is 4.78. The summed E-state index contributed by atoms with van der Waals surface area (Å²) in [6.07, 6.45) is 1.55. The molecule has 0 aliphatic rings. The number of carboxylic acid groups (broad SMARTS) is 1. The number of rotatable bonds is 5. The Balaban J connectivity index is 2.53. The number of aromatic nitrogens is 1. The minimum atomic E-state index is -0.991. The molecule has 6 heteroatoms. The standard InChI is InChI=1S/C10H12N2O3S/c1-7(13)11-5-6-16-9-8(10(14)15)3-2-4-12-9/h2-4H,5-6H2,1H3,(H,11,13)(H,14,15). The molecule has 0 fully saturated rings. The fourth-order valence-electron chi connectivity index (χ4n) is 1.04. The van der Waals surface area contributed by atoms with Crippen LogP contribution in [0.4, 0.5) is 0 Å². The van der Waals surface area contributed by atoms with Gasteiger partial charge in [0.2, 0.25) is 5.91 Å². The second-order valence-electron chi connectivity index (χ2n) is 2.99. The van der Waals surface area contributed by atoms with Crippen molar-refractivity contribution in [1.29, 1.82) is 0 Å². The highest BCUT2D eigenvalue weighted by Gasteiger charge is 2.10. The van der Waals surface area contributed by atoms with E-state index in [1.54, 1.807) is 12.3 Å². The molecule has 2 N–H and O–H groups in total. The number of thioether (sulfide) groups is 1. The first kappa shape index (κ1) is 12.5. The third-order valence-corrected chi connectivity index (χ3v) is 2.72. The van der Waals surface area contributed by atoms with Crippen LogP contribution in [0.2, 0.25) is 0 Å². The van der Waals surface area contributed by atoms with E-state index < -0.39 is 5.97 Å². The van der Waals surface area contributed by atoms with Gasteiger partial charge >= 0.3 is 5.97 Å². The molecule has 1 aromatic heterocycles. The van der Waals surface area contributed by atoms with E-state index in [0.29, 0.717) is 17.3 Å². The van der Waals surface area contributed by atoms with Gasteiger partial charge in [-0.05, 0) is 12.1 Å². The van der Waals surface area contributed by atoms with Crippen molar-refractivity contribution in [3.8, 4) is 0 Å². The zero-order chi connectivity index (χ0) is 12.0.